The molecule has 0 aliphatic rings. The molecule has 0 aliphatic carbocycles. The highest BCUT2D eigenvalue weighted by molar-refractivity contribution is 5.77. The molecule has 0 atom stereocenters. The third-order valence-electron chi connectivity index (χ3n) is 3.62. The van der Waals surface area contributed by atoms with Crippen molar-refractivity contribution in [1.82, 2.24) is 4.98 Å². The fourth-order valence-corrected chi connectivity index (χ4v) is 2.30. The molecule has 6 nitrogen and oxygen atoms in total. The van der Waals surface area contributed by atoms with Crippen molar-refractivity contribution in [3.8, 4) is 29.7 Å². The molecule has 0 radical (unpaired) electrons. The number of hydrogen-bond acceptors (Lipinski definition) is 6. The number of oxazole rings is 1. The van der Waals surface area contributed by atoms with Gasteiger partial charge in [0.05, 0.1) is 0 Å². The van der Waals surface area contributed by atoms with Gasteiger partial charge >= 0.3 is 0 Å². The molecule has 1 aromatic heterocycles. The number of nitrogens with one attached hydrogen (secondary N) is 1. The number of anilines is 1. The predicted octanol–water partition coefficient (Wildman–Crippen LogP) is 4.04. The number of nitriles is 3. The van der Waals surface area contributed by atoms with Gasteiger partial charge in [-0.3, -0.25) is 0 Å². The number of aromatic nitrogens is 1. The molecular weight excluding hydrogens is 314 g/mol. The van der Waals surface area contributed by atoms with E-state index in [1.165, 1.54) is 0 Å². The minimum Gasteiger partial charge on any atom is -0.436 e. The topological polar surface area (TPSA) is 109 Å². The molecule has 0 unspecified atom stereocenters. The standard InChI is InChI=1S/C19H11N5O/c1-12-6-7-13(19-24-15-4-2-3-5-18(15)25-19)8-16(12)23-17(11-22)14(9-20)10-21/h2-8,23H,1H3. The monoisotopic (exact) mass is 325 g/mol. The van der Waals surface area contributed by atoms with Gasteiger partial charge in [-0.05, 0) is 36.8 Å². The maximum atomic E-state index is 9.19. The average molecular weight is 325 g/mol. The number of nitrogens with zero attached hydrogens (tertiary/aromatic N) is 4. The Morgan fingerprint density at radius 3 is 2.48 bits per heavy atom. The highest BCUT2D eigenvalue weighted by atomic mass is 16.3. The fourth-order valence-electron chi connectivity index (χ4n) is 2.30. The van der Waals surface area contributed by atoms with Gasteiger partial charge in [0.2, 0.25) is 5.89 Å². The minimum atomic E-state index is -0.269. The van der Waals surface area contributed by atoms with E-state index in [0.29, 0.717) is 17.2 Å². The third kappa shape index (κ3) is 3.03. The zero-order chi connectivity index (χ0) is 17.8. The lowest BCUT2D eigenvalue weighted by molar-refractivity contribution is 0.620. The molecule has 0 spiro atoms. The van der Waals surface area contributed by atoms with E-state index in [4.69, 9.17) is 14.9 Å². The molecule has 3 aromatic rings. The lowest BCUT2D eigenvalue weighted by Gasteiger charge is -2.09. The van der Waals surface area contributed by atoms with Crippen LogP contribution >= 0.6 is 0 Å². The summed E-state index contributed by atoms with van der Waals surface area (Å²) in [4.78, 5) is 4.44. The predicted molar refractivity (Wildman–Crippen MR) is 91.7 cm³/mol. The van der Waals surface area contributed by atoms with Crippen molar-refractivity contribution in [2.75, 3.05) is 5.32 Å². The number of para-hydroxylation sites is 2. The molecule has 0 bridgehead atoms. The van der Waals surface area contributed by atoms with E-state index in [0.717, 1.165) is 16.6 Å². The number of benzene rings is 2. The fraction of sp³-hybridized carbons (Fsp3) is 0.0526. The van der Waals surface area contributed by atoms with Crippen LogP contribution in [0.15, 0.2) is 58.2 Å². The van der Waals surface area contributed by atoms with Crippen molar-refractivity contribution in [3.63, 3.8) is 0 Å². The summed E-state index contributed by atoms with van der Waals surface area (Å²) in [5.41, 5.74) is 3.24. The Hall–Kier alpha value is -4.08. The van der Waals surface area contributed by atoms with Gasteiger partial charge in [-0.25, -0.2) is 4.98 Å². The zero-order valence-corrected chi connectivity index (χ0v) is 13.2. The molecule has 0 saturated carbocycles. The van der Waals surface area contributed by atoms with E-state index >= 15 is 0 Å². The number of aryl methyl sites for hydroxylation is 1. The van der Waals surface area contributed by atoms with Crippen molar-refractivity contribution in [1.29, 1.82) is 15.8 Å². The molecule has 25 heavy (non-hydrogen) atoms. The van der Waals surface area contributed by atoms with E-state index < -0.39 is 0 Å². The first-order valence-electron chi connectivity index (χ1n) is 7.34. The van der Waals surface area contributed by atoms with E-state index in [-0.39, 0.29) is 11.3 Å². The van der Waals surface area contributed by atoms with E-state index in [2.05, 4.69) is 10.3 Å². The SMILES string of the molecule is Cc1ccc(-c2nc3ccccc3o2)cc1NC(C#N)=C(C#N)C#N. The molecule has 0 amide bonds. The Labute approximate surface area is 143 Å². The van der Waals surface area contributed by atoms with Crippen LogP contribution in [0.2, 0.25) is 0 Å². The number of fused-ring (bicyclic) bond motifs is 1. The summed E-state index contributed by atoms with van der Waals surface area (Å²) in [6.07, 6.45) is 0. The van der Waals surface area contributed by atoms with Gasteiger partial charge in [-0.2, -0.15) is 15.8 Å². The second-order valence-corrected chi connectivity index (χ2v) is 5.23. The van der Waals surface area contributed by atoms with Gasteiger partial charge < -0.3 is 9.73 Å². The summed E-state index contributed by atoms with van der Waals surface area (Å²) in [6.45, 7) is 1.85. The average Bonchev–Trinajstić information content (AvgIpc) is 3.07. The summed E-state index contributed by atoms with van der Waals surface area (Å²) >= 11 is 0. The first-order valence-corrected chi connectivity index (χ1v) is 7.34. The summed E-state index contributed by atoms with van der Waals surface area (Å²) < 4.78 is 5.75. The number of rotatable bonds is 3. The largest absolute Gasteiger partial charge is 0.436 e. The molecule has 0 saturated heterocycles. The maximum Gasteiger partial charge on any atom is 0.227 e. The molecule has 0 fully saturated rings. The van der Waals surface area contributed by atoms with Gasteiger partial charge in [0.1, 0.15) is 29.4 Å². The van der Waals surface area contributed by atoms with Crippen LogP contribution in [0.4, 0.5) is 5.69 Å². The van der Waals surface area contributed by atoms with Crippen LogP contribution in [-0.4, -0.2) is 4.98 Å². The lowest BCUT2D eigenvalue weighted by Crippen LogP contribution is -2.02. The summed E-state index contributed by atoms with van der Waals surface area (Å²) in [6, 6.07) is 18.2. The van der Waals surface area contributed by atoms with Crippen LogP contribution in [0.1, 0.15) is 5.56 Å². The van der Waals surface area contributed by atoms with Crippen molar-refractivity contribution >= 4 is 16.8 Å². The highest BCUT2D eigenvalue weighted by Crippen LogP contribution is 2.28. The zero-order valence-electron chi connectivity index (χ0n) is 13.2. The van der Waals surface area contributed by atoms with Crippen molar-refractivity contribution in [2.24, 2.45) is 0 Å². The van der Waals surface area contributed by atoms with Gasteiger partial charge in [0.25, 0.3) is 0 Å². The smallest absolute Gasteiger partial charge is 0.227 e. The van der Waals surface area contributed by atoms with Crippen molar-refractivity contribution in [3.05, 3.63) is 59.3 Å². The van der Waals surface area contributed by atoms with Gasteiger partial charge in [0, 0.05) is 11.3 Å². The Balaban J connectivity index is 2.04. The normalized spacial score (nSPS) is 9.68. The molecule has 118 valence electrons. The molecule has 1 N–H and O–H groups in total. The molecule has 2 aromatic carbocycles. The first kappa shape index (κ1) is 15.8. The summed E-state index contributed by atoms with van der Waals surface area (Å²) in [5, 5.41) is 29.9. The van der Waals surface area contributed by atoms with E-state index in [1.54, 1.807) is 18.2 Å². The minimum absolute atomic E-state index is 0.0946. The van der Waals surface area contributed by atoms with E-state index in [1.807, 2.05) is 49.4 Å². The van der Waals surface area contributed by atoms with E-state index in [9.17, 15) is 5.26 Å². The molecule has 3 rings (SSSR count). The van der Waals surface area contributed by atoms with Crippen LogP contribution < -0.4 is 5.32 Å². The second-order valence-electron chi connectivity index (χ2n) is 5.23. The summed E-state index contributed by atoms with van der Waals surface area (Å²) in [7, 11) is 0. The van der Waals surface area contributed by atoms with Gasteiger partial charge in [-0.15, -0.1) is 0 Å². The van der Waals surface area contributed by atoms with Crippen LogP contribution in [0.3, 0.4) is 0 Å². The van der Waals surface area contributed by atoms with Gasteiger partial charge in [-0.1, -0.05) is 18.2 Å². The lowest BCUT2D eigenvalue weighted by atomic mass is 10.1. The third-order valence-corrected chi connectivity index (χ3v) is 3.62. The summed E-state index contributed by atoms with van der Waals surface area (Å²) in [5.74, 6) is 0.451. The van der Waals surface area contributed by atoms with Crippen LogP contribution in [-0.2, 0) is 0 Å². The quantitative estimate of drug-likeness (QED) is 0.728. The van der Waals surface area contributed by atoms with Crippen LogP contribution in [0.5, 0.6) is 0 Å². The van der Waals surface area contributed by atoms with Crippen LogP contribution in [0, 0.1) is 40.9 Å². The van der Waals surface area contributed by atoms with Crippen molar-refractivity contribution in [2.45, 2.75) is 6.92 Å². The molecule has 0 aliphatic heterocycles. The Bertz CT molecular complexity index is 1070. The Kier molecular flexibility index (Phi) is 4.16. The Morgan fingerprint density at radius 2 is 1.80 bits per heavy atom. The van der Waals surface area contributed by atoms with Gasteiger partial charge in [0.15, 0.2) is 11.2 Å². The number of allylic oxidation sites excluding steroid dienone is 2. The Morgan fingerprint density at radius 1 is 1.04 bits per heavy atom. The van der Waals surface area contributed by atoms with Crippen molar-refractivity contribution < 1.29 is 4.42 Å². The first-order chi connectivity index (χ1) is 12.2. The molecule has 6 heteroatoms. The number of hydrogen-bond donors (Lipinski definition) is 1. The maximum absolute atomic E-state index is 9.19. The molecule has 1 heterocycles. The highest BCUT2D eigenvalue weighted by Gasteiger charge is 2.12. The van der Waals surface area contributed by atoms with Crippen LogP contribution in [0.25, 0.3) is 22.6 Å². The molecular formula is C19H11N5O. The second kappa shape index (κ2) is 6.58.